The maximum atomic E-state index is 12.6. The highest BCUT2D eigenvalue weighted by atomic mass is 32.1. The molecule has 0 aliphatic rings. The van der Waals surface area contributed by atoms with Gasteiger partial charge in [-0.05, 0) is 24.6 Å². The molecule has 0 aliphatic heterocycles. The number of benzene rings is 2. The Morgan fingerprint density at radius 2 is 1.62 bits per heavy atom. The number of ether oxygens (including phenoxy) is 2. The Kier molecular flexibility index (Phi) is 6.36. The first kappa shape index (κ1) is 20.2. The molecule has 0 spiro atoms. The summed E-state index contributed by atoms with van der Waals surface area (Å²) in [5, 5.41) is 2.86. The van der Waals surface area contributed by atoms with Crippen LogP contribution in [0.5, 0.6) is 0 Å². The third-order valence-corrected chi connectivity index (χ3v) is 5.05. The fourth-order valence-corrected chi connectivity index (χ4v) is 3.42. The molecule has 0 aliphatic carbocycles. The highest BCUT2D eigenvalue weighted by Gasteiger charge is 2.21. The van der Waals surface area contributed by atoms with Crippen LogP contribution < -0.4 is 5.32 Å². The molecule has 0 saturated carbocycles. The topological polar surface area (TPSA) is 94.6 Å². The average Bonchev–Trinajstić information content (AvgIpc) is 3.12. The van der Waals surface area contributed by atoms with Crippen LogP contribution in [0.25, 0.3) is 0 Å². The molecule has 2 aromatic carbocycles. The van der Waals surface area contributed by atoms with Crippen molar-refractivity contribution in [2.75, 3.05) is 12.4 Å². The van der Waals surface area contributed by atoms with Crippen LogP contribution in [-0.2, 0) is 16.1 Å². The molecule has 3 rings (SSSR count). The van der Waals surface area contributed by atoms with Crippen molar-refractivity contribution < 1.29 is 23.9 Å². The molecule has 0 fully saturated rings. The van der Waals surface area contributed by atoms with E-state index in [0.29, 0.717) is 10.6 Å². The van der Waals surface area contributed by atoms with Crippen molar-refractivity contribution in [1.82, 2.24) is 4.98 Å². The quantitative estimate of drug-likeness (QED) is 0.621. The Labute approximate surface area is 171 Å². The number of thiazole rings is 1. The number of nitrogens with zero attached hydrogens (tertiary/aromatic N) is 1. The number of hydrogen-bond donors (Lipinski definition) is 1. The van der Waals surface area contributed by atoms with Crippen LogP contribution in [0.3, 0.4) is 0 Å². The number of nitrogens with one attached hydrogen (secondary N) is 1. The van der Waals surface area contributed by atoms with Crippen molar-refractivity contribution >= 4 is 34.3 Å². The van der Waals surface area contributed by atoms with Crippen molar-refractivity contribution in [1.29, 1.82) is 0 Å². The lowest BCUT2D eigenvalue weighted by molar-refractivity contribution is 0.0476. The van der Waals surface area contributed by atoms with Gasteiger partial charge in [0.25, 0.3) is 5.91 Å². The summed E-state index contributed by atoms with van der Waals surface area (Å²) < 4.78 is 10.0. The fourth-order valence-electron chi connectivity index (χ4n) is 2.56. The number of aryl methyl sites for hydroxylation is 1. The summed E-state index contributed by atoms with van der Waals surface area (Å²) in [6.07, 6.45) is 0. The predicted octanol–water partition coefficient (Wildman–Crippen LogP) is 3.85. The number of rotatable bonds is 6. The largest absolute Gasteiger partial charge is 0.465 e. The van der Waals surface area contributed by atoms with E-state index in [-0.39, 0.29) is 22.9 Å². The normalized spacial score (nSPS) is 10.3. The third-order valence-electron chi connectivity index (χ3n) is 3.99. The molecular formula is C21H18N2O5S. The molecule has 1 N–H and O–H groups in total. The summed E-state index contributed by atoms with van der Waals surface area (Å²) in [5.41, 5.74) is 1.62. The number of esters is 2. The van der Waals surface area contributed by atoms with Crippen LogP contribution in [0.4, 0.5) is 5.13 Å². The smallest absolute Gasteiger partial charge is 0.350 e. The molecule has 0 radical (unpaired) electrons. The zero-order valence-electron chi connectivity index (χ0n) is 15.8. The molecule has 1 aromatic heterocycles. The van der Waals surface area contributed by atoms with Crippen LogP contribution in [-0.4, -0.2) is 29.9 Å². The van der Waals surface area contributed by atoms with Gasteiger partial charge in [-0.1, -0.05) is 53.8 Å². The lowest BCUT2D eigenvalue weighted by Gasteiger charge is -2.06. The Morgan fingerprint density at radius 1 is 0.966 bits per heavy atom. The average molecular weight is 410 g/mol. The summed E-state index contributed by atoms with van der Waals surface area (Å²) in [6.45, 7) is 1.80. The number of hydrogen-bond acceptors (Lipinski definition) is 7. The number of carbonyl (C=O) groups excluding carboxylic acids is 3. The zero-order valence-corrected chi connectivity index (χ0v) is 16.6. The SMILES string of the molecule is COC(=O)c1ccccc1C(=O)Nc1nc(C)c(C(=O)OCc2ccccc2)s1. The minimum atomic E-state index is -0.615. The van der Waals surface area contributed by atoms with Crippen LogP contribution in [0.1, 0.15) is 41.6 Å². The highest BCUT2D eigenvalue weighted by Crippen LogP contribution is 2.25. The lowest BCUT2D eigenvalue weighted by Crippen LogP contribution is -2.17. The molecule has 0 atom stereocenters. The van der Waals surface area contributed by atoms with Gasteiger partial charge in [0.05, 0.1) is 23.9 Å². The van der Waals surface area contributed by atoms with E-state index in [0.717, 1.165) is 16.9 Å². The molecule has 0 bridgehead atoms. The molecule has 7 nitrogen and oxygen atoms in total. The third kappa shape index (κ3) is 4.85. The van der Waals surface area contributed by atoms with Gasteiger partial charge in [-0.15, -0.1) is 0 Å². The van der Waals surface area contributed by atoms with Gasteiger partial charge in [0.1, 0.15) is 11.5 Å². The first-order valence-electron chi connectivity index (χ1n) is 8.66. The highest BCUT2D eigenvalue weighted by molar-refractivity contribution is 7.17. The summed E-state index contributed by atoms with van der Waals surface area (Å²) >= 11 is 1.01. The maximum absolute atomic E-state index is 12.6. The van der Waals surface area contributed by atoms with Crippen LogP contribution >= 0.6 is 11.3 Å². The first-order chi connectivity index (χ1) is 14.0. The fraction of sp³-hybridized carbons (Fsp3) is 0.143. The molecular weight excluding hydrogens is 392 g/mol. The van der Waals surface area contributed by atoms with Gasteiger partial charge in [0, 0.05) is 0 Å². The number of anilines is 1. The summed E-state index contributed by atoms with van der Waals surface area (Å²) in [7, 11) is 1.24. The van der Waals surface area contributed by atoms with E-state index >= 15 is 0 Å². The van der Waals surface area contributed by atoms with Crippen molar-refractivity contribution in [3.8, 4) is 0 Å². The van der Waals surface area contributed by atoms with Gasteiger partial charge < -0.3 is 9.47 Å². The number of carbonyl (C=O) groups is 3. The van der Waals surface area contributed by atoms with Gasteiger partial charge in [0.2, 0.25) is 0 Å². The van der Waals surface area contributed by atoms with E-state index in [1.807, 2.05) is 30.3 Å². The van der Waals surface area contributed by atoms with Gasteiger partial charge >= 0.3 is 11.9 Å². The molecule has 1 heterocycles. The summed E-state index contributed by atoms with van der Waals surface area (Å²) in [5.74, 6) is -1.65. The predicted molar refractivity (Wildman–Crippen MR) is 108 cm³/mol. The first-order valence-corrected chi connectivity index (χ1v) is 9.48. The number of methoxy groups -OCH3 is 1. The molecule has 8 heteroatoms. The molecule has 0 unspecified atom stereocenters. The second kappa shape index (κ2) is 9.11. The van der Waals surface area contributed by atoms with Crippen molar-refractivity contribution in [2.24, 2.45) is 0 Å². The van der Waals surface area contributed by atoms with Crippen LogP contribution in [0.2, 0.25) is 0 Å². The van der Waals surface area contributed by atoms with E-state index in [2.05, 4.69) is 10.3 Å². The molecule has 29 heavy (non-hydrogen) atoms. The minimum absolute atomic E-state index is 0.142. The molecule has 148 valence electrons. The second-order valence-corrected chi connectivity index (χ2v) is 6.99. The van der Waals surface area contributed by atoms with Crippen LogP contribution in [0, 0.1) is 6.92 Å². The second-order valence-electron chi connectivity index (χ2n) is 5.99. The van der Waals surface area contributed by atoms with Crippen LogP contribution in [0.15, 0.2) is 54.6 Å². The Bertz CT molecular complexity index is 1050. The van der Waals surface area contributed by atoms with E-state index in [1.165, 1.54) is 19.2 Å². The molecule has 0 saturated heterocycles. The van der Waals surface area contributed by atoms with Gasteiger partial charge in [-0.25, -0.2) is 14.6 Å². The minimum Gasteiger partial charge on any atom is -0.465 e. The number of aromatic nitrogens is 1. The standard InChI is InChI=1S/C21H18N2O5S/c1-13-17(20(26)28-12-14-8-4-3-5-9-14)29-21(22-13)23-18(24)15-10-6-7-11-16(15)19(25)27-2/h3-11H,12H2,1-2H3,(H,22,23,24). The molecule has 3 aromatic rings. The van der Waals surface area contributed by atoms with Crippen molar-refractivity contribution in [3.63, 3.8) is 0 Å². The zero-order chi connectivity index (χ0) is 20.8. The van der Waals surface area contributed by atoms with Gasteiger partial charge in [-0.3, -0.25) is 10.1 Å². The van der Waals surface area contributed by atoms with E-state index in [9.17, 15) is 14.4 Å². The van der Waals surface area contributed by atoms with E-state index in [4.69, 9.17) is 9.47 Å². The van der Waals surface area contributed by atoms with E-state index < -0.39 is 17.8 Å². The lowest BCUT2D eigenvalue weighted by atomic mass is 10.1. The van der Waals surface area contributed by atoms with Crippen molar-refractivity contribution in [2.45, 2.75) is 13.5 Å². The molecule has 1 amide bonds. The number of amides is 1. The Balaban J connectivity index is 1.71. The Morgan fingerprint density at radius 3 is 2.31 bits per heavy atom. The summed E-state index contributed by atoms with van der Waals surface area (Å²) in [6, 6.07) is 15.6. The monoisotopic (exact) mass is 410 g/mol. The van der Waals surface area contributed by atoms with Gasteiger partial charge in [-0.2, -0.15) is 0 Å². The van der Waals surface area contributed by atoms with E-state index in [1.54, 1.807) is 19.1 Å². The van der Waals surface area contributed by atoms with Gasteiger partial charge in [0.15, 0.2) is 5.13 Å². The van der Waals surface area contributed by atoms with Crippen molar-refractivity contribution in [3.05, 3.63) is 81.9 Å². The maximum Gasteiger partial charge on any atom is 0.350 e. The summed E-state index contributed by atoms with van der Waals surface area (Å²) in [4.78, 5) is 41.3. The Hall–Kier alpha value is -3.52.